The van der Waals surface area contributed by atoms with Gasteiger partial charge in [0.2, 0.25) is 0 Å². The van der Waals surface area contributed by atoms with E-state index >= 15 is 0 Å². The number of hydrogen-bond acceptors (Lipinski definition) is 6. The third-order valence-corrected chi connectivity index (χ3v) is 11.0. The summed E-state index contributed by atoms with van der Waals surface area (Å²) in [5.74, 6) is -1.60. The summed E-state index contributed by atoms with van der Waals surface area (Å²) in [4.78, 5) is 23.4. The molecule has 360 valence electrons. The van der Waals surface area contributed by atoms with Gasteiger partial charge in [0.05, 0.1) is 34.4 Å². The van der Waals surface area contributed by atoms with Crippen LogP contribution in [-0.4, -0.2) is 86.5 Å². The zero-order valence-corrected chi connectivity index (χ0v) is 40.8. The summed E-state index contributed by atoms with van der Waals surface area (Å²) in [7, 11) is 5.93. The van der Waals surface area contributed by atoms with E-state index in [0.29, 0.717) is 17.4 Å². The summed E-state index contributed by atoms with van der Waals surface area (Å²) in [6.07, 6.45) is 60.3. The smallest absolute Gasteiger partial charge is 0.361 e. The van der Waals surface area contributed by atoms with Crippen LogP contribution in [0.4, 0.5) is 0 Å². The Kier molecular flexibility index (Phi) is 44.6. The molecule has 0 bridgehead atoms. The van der Waals surface area contributed by atoms with Crippen LogP contribution in [0.2, 0.25) is 0 Å². The number of nitrogens with zero attached hydrogens (tertiary/aromatic N) is 1. The molecule has 0 amide bonds. The fraction of sp³-hybridized carbons (Fsp3) is 0.778. The highest BCUT2D eigenvalue weighted by Gasteiger charge is 2.22. The van der Waals surface area contributed by atoms with Crippen molar-refractivity contribution < 1.29 is 38.5 Å². The maximum absolute atomic E-state index is 12.0. The number of esters is 1. The van der Waals surface area contributed by atoms with Crippen molar-refractivity contribution in [3.63, 3.8) is 0 Å². The van der Waals surface area contributed by atoms with Crippen LogP contribution in [0.3, 0.4) is 0 Å². The van der Waals surface area contributed by atoms with E-state index in [1.165, 1.54) is 148 Å². The van der Waals surface area contributed by atoms with Gasteiger partial charge in [0, 0.05) is 6.42 Å². The molecule has 0 fully saturated rings. The van der Waals surface area contributed by atoms with Crippen LogP contribution in [0, 0.1) is 0 Å². The molecule has 0 heterocycles. The molecule has 0 aliphatic rings. The number of quaternary nitrogens is 1. The molecule has 62 heavy (non-hydrogen) atoms. The van der Waals surface area contributed by atoms with E-state index in [1.54, 1.807) is 0 Å². The van der Waals surface area contributed by atoms with Crippen molar-refractivity contribution in [2.45, 2.75) is 225 Å². The normalized spacial score (nSPS) is 13.5. The Morgan fingerprint density at radius 2 is 0.839 bits per heavy atom. The first-order valence-corrected chi connectivity index (χ1v) is 25.5. The third-order valence-electron chi connectivity index (χ3n) is 11.0. The zero-order chi connectivity index (χ0) is 45.5. The molecule has 0 saturated carbocycles. The highest BCUT2D eigenvalue weighted by atomic mass is 16.7. The summed E-state index contributed by atoms with van der Waals surface area (Å²) in [5.41, 5.74) is 0. The predicted molar refractivity (Wildman–Crippen MR) is 262 cm³/mol. The molecule has 8 heteroatoms. The molecule has 0 radical (unpaired) electrons. The number of carboxylic acids is 1. The Morgan fingerprint density at radius 1 is 0.484 bits per heavy atom. The SMILES string of the molecule is CC/C=C\C/C=C\C/C=C\C/C=C\C/C=C\CCCCCCCCCCCCCCCCCCCCCCCCCCCC(=O)OCC(O)COC(OCC[N+](C)(C)C)C(=O)O. The molecular formula is C54H98NO7+. The maximum atomic E-state index is 12.0. The first-order chi connectivity index (χ1) is 30.2. The lowest BCUT2D eigenvalue weighted by Gasteiger charge is -2.24. The van der Waals surface area contributed by atoms with E-state index in [4.69, 9.17) is 14.2 Å². The lowest BCUT2D eigenvalue weighted by molar-refractivity contribution is -0.870. The standard InChI is InChI=1S/C54H97NO7/c1-5-6-7-8-9-10-11-12-13-14-15-16-17-18-19-20-21-22-23-24-25-26-27-28-29-30-31-32-33-34-35-36-37-38-39-40-41-42-43-44-45-46-52(57)61-49-51(56)50-62-54(53(58)59)60-48-47-55(2,3)4/h6-7,9-10,12-13,15-16,18-19,51,54,56H,5,8,11,14,17,20-50H2,1-4H3/p+1/b7-6-,10-9-,13-12-,16-15-,19-18-. The van der Waals surface area contributed by atoms with E-state index in [9.17, 15) is 19.8 Å². The van der Waals surface area contributed by atoms with Crippen molar-refractivity contribution in [1.82, 2.24) is 0 Å². The molecule has 0 aromatic rings. The second-order valence-electron chi connectivity index (χ2n) is 18.3. The van der Waals surface area contributed by atoms with Crippen LogP contribution >= 0.6 is 0 Å². The van der Waals surface area contributed by atoms with Crippen LogP contribution in [0.5, 0.6) is 0 Å². The molecule has 0 saturated heterocycles. The summed E-state index contributed by atoms with van der Waals surface area (Å²) in [6, 6.07) is 0. The van der Waals surface area contributed by atoms with Gasteiger partial charge in [-0.15, -0.1) is 0 Å². The minimum atomic E-state index is -1.46. The van der Waals surface area contributed by atoms with Gasteiger partial charge in [-0.1, -0.05) is 215 Å². The Balaban J connectivity index is 3.36. The fourth-order valence-electron chi connectivity index (χ4n) is 7.10. The van der Waals surface area contributed by atoms with E-state index < -0.39 is 18.4 Å². The Bertz CT molecular complexity index is 1140. The topological polar surface area (TPSA) is 102 Å². The lowest BCUT2D eigenvalue weighted by Crippen LogP contribution is -2.40. The number of likely N-dealkylation sites (N-methyl/N-ethyl adjacent to an activating group) is 1. The summed E-state index contributed by atoms with van der Waals surface area (Å²) in [6.45, 7) is 2.49. The summed E-state index contributed by atoms with van der Waals surface area (Å²) < 4.78 is 16.2. The highest BCUT2D eigenvalue weighted by Crippen LogP contribution is 2.16. The molecule has 0 rings (SSSR count). The molecule has 0 aliphatic heterocycles. The Labute approximate surface area is 382 Å². The maximum Gasteiger partial charge on any atom is 0.361 e. The van der Waals surface area contributed by atoms with Crippen LogP contribution in [0.25, 0.3) is 0 Å². The van der Waals surface area contributed by atoms with E-state index in [1.807, 2.05) is 21.1 Å². The summed E-state index contributed by atoms with van der Waals surface area (Å²) in [5, 5.41) is 19.3. The van der Waals surface area contributed by atoms with Gasteiger partial charge in [0.25, 0.3) is 6.29 Å². The van der Waals surface area contributed by atoms with Crippen LogP contribution in [0.15, 0.2) is 60.8 Å². The number of aliphatic hydroxyl groups excluding tert-OH is 1. The van der Waals surface area contributed by atoms with Gasteiger partial charge in [-0.05, 0) is 51.4 Å². The number of unbranched alkanes of at least 4 members (excludes halogenated alkanes) is 25. The second-order valence-corrected chi connectivity index (χ2v) is 18.3. The number of allylic oxidation sites excluding steroid dienone is 10. The highest BCUT2D eigenvalue weighted by molar-refractivity contribution is 5.70. The number of ether oxygens (including phenoxy) is 3. The minimum absolute atomic E-state index is 0.211. The van der Waals surface area contributed by atoms with Crippen LogP contribution in [0.1, 0.15) is 212 Å². The van der Waals surface area contributed by atoms with Gasteiger partial charge in [-0.25, -0.2) is 4.79 Å². The number of hydrogen-bond donors (Lipinski definition) is 2. The molecule has 0 aromatic carbocycles. The van der Waals surface area contributed by atoms with Crippen LogP contribution in [-0.2, 0) is 23.8 Å². The van der Waals surface area contributed by atoms with Crippen molar-refractivity contribution in [2.24, 2.45) is 0 Å². The van der Waals surface area contributed by atoms with Gasteiger partial charge >= 0.3 is 11.9 Å². The van der Waals surface area contributed by atoms with Gasteiger partial charge in [-0.3, -0.25) is 4.79 Å². The largest absolute Gasteiger partial charge is 0.477 e. The molecule has 2 N–H and O–H groups in total. The van der Waals surface area contributed by atoms with Crippen molar-refractivity contribution >= 4 is 11.9 Å². The average Bonchev–Trinajstić information content (AvgIpc) is 3.24. The average molecular weight is 873 g/mol. The monoisotopic (exact) mass is 873 g/mol. The number of aliphatic hydroxyl groups is 1. The molecule has 0 spiro atoms. The van der Waals surface area contributed by atoms with E-state index in [0.717, 1.165) is 51.4 Å². The first kappa shape index (κ1) is 59.5. The Morgan fingerprint density at radius 3 is 1.21 bits per heavy atom. The number of rotatable bonds is 47. The molecular weight excluding hydrogens is 775 g/mol. The van der Waals surface area contributed by atoms with Crippen LogP contribution < -0.4 is 0 Å². The van der Waals surface area contributed by atoms with Crippen molar-refractivity contribution in [3.8, 4) is 0 Å². The van der Waals surface area contributed by atoms with Gasteiger partial charge in [-0.2, -0.15) is 0 Å². The Hall–Kier alpha value is -2.52. The molecule has 0 aliphatic carbocycles. The van der Waals surface area contributed by atoms with Gasteiger partial charge in [0.15, 0.2) is 0 Å². The second kappa shape index (κ2) is 46.5. The molecule has 0 aromatic heterocycles. The number of carbonyl (C=O) groups is 2. The number of aliphatic carboxylic acids is 1. The molecule has 8 nitrogen and oxygen atoms in total. The molecule has 2 unspecified atom stereocenters. The lowest BCUT2D eigenvalue weighted by atomic mass is 10.0. The number of carbonyl (C=O) groups excluding carboxylic acids is 1. The fourth-order valence-corrected chi connectivity index (χ4v) is 7.10. The zero-order valence-electron chi connectivity index (χ0n) is 40.8. The number of carboxylic acid groups (broad SMARTS) is 1. The van der Waals surface area contributed by atoms with Crippen molar-refractivity contribution in [2.75, 3.05) is 47.5 Å². The van der Waals surface area contributed by atoms with E-state index in [-0.39, 0.29) is 25.8 Å². The van der Waals surface area contributed by atoms with Crippen molar-refractivity contribution in [1.29, 1.82) is 0 Å². The predicted octanol–water partition coefficient (Wildman–Crippen LogP) is 14.3. The summed E-state index contributed by atoms with van der Waals surface area (Å²) >= 11 is 0. The van der Waals surface area contributed by atoms with Gasteiger partial charge < -0.3 is 28.9 Å². The van der Waals surface area contributed by atoms with E-state index in [2.05, 4.69) is 67.7 Å². The first-order valence-electron chi connectivity index (χ1n) is 25.5. The van der Waals surface area contributed by atoms with Crippen molar-refractivity contribution in [3.05, 3.63) is 60.8 Å². The van der Waals surface area contributed by atoms with Gasteiger partial charge in [0.1, 0.15) is 19.3 Å². The third kappa shape index (κ3) is 48.5. The quantitative estimate of drug-likeness (QED) is 0.0206. The molecule has 2 atom stereocenters. The minimum Gasteiger partial charge on any atom is -0.477 e.